The molecule has 0 aromatic heterocycles. The van der Waals surface area contributed by atoms with Gasteiger partial charge in [0.1, 0.15) is 0 Å². The number of amides is 1. The molecule has 1 aromatic rings. The molecule has 4 heteroatoms. The first-order valence-electron chi connectivity index (χ1n) is 9.41. The molecule has 24 heavy (non-hydrogen) atoms. The lowest BCUT2D eigenvalue weighted by Gasteiger charge is -2.32. The molecule has 3 rings (SSSR count). The van der Waals surface area contributed by atoms with Crippen molar-refractivity contribution in [3.63, 3.8) is 0 Å². The SMILES string of the molecule is CC1CCN(Cc2ccccc2CNC(=O)C(C)C2CNC2)CC1. The number of nitrogens with one attached hydrogen (secondary N) is 2. The summed E-state index contributed by atoms with van der Waals surface area (Å²) in [7, 11) is 0. The van der Waals surface area contributed by atoms with Gasteiger partial charge in [-0.3, -0.25) is 9.69 Å². The summed E-state index contributed by atoms with van der Waals surface area (Å²) in [6.07, 6.45) is 2.59. The predicted molar refractivity (Wildman–Crippen MR) is 97.5 cm³/mol. The van der Waals surface area contributed by atoms with Crippen LogP contribution in [0.3, 0.4) is 0 Å². The van der Waals surface area contributed by atoms with Gasteiger partial charge in [0.15, 0.2) is 0 Å². The standard InChI is InChI=1S/C20H31N3O/c1-15-7-9-23(10-8-15)14-18-6-4-3-5-17(18)13-22-20(24)16(2)19-11-21-12-19/h3-6,15-16,19,21H,7-14H2,1-2H3,(H,22,24). The van der Waals surface area contributed by atoms with Gasteiger partial charge in [-0.25, -0.2) is 0 Å². The molecule has 0 radical (unpaired) electrons. The number of nitrogens with zero attached hydrogens (tertiary/aromatic N) is 1. The third-order valence-electron chi connectivity index (χ3n) is 5.78. The fraction of sp³-hybridized carbons (Fsp3) is 0.650. The smallest absolute Gasteiger partial charge is 0.223 e. The van der Waals surface area contributed by atoms with Crippen LogP contribution in [0.25, 0.3) is 0 Å². The number of rotatable bonds is 6. The molecule has 2 saturated heterocycles. The molecule has 0 spiro atoms. The van der Waals surface area contributed by atoms with Crippen molar-refractivity contribution in [2.75, 3.05) is 26.2 Å². The maximum Gasteiger partial charge on any atom is 0.223 e. The maximum atomic E-state index is 12.3. The van der Waals surface area contributed by atoms with Crippen molar-refractivity contribution < 1.29 is 4.79 Å². The van der Waals surface area contributed by atoms with Gasteiger partial charge in [-0.2, -0.15) is 0 Å². The molecule has 2 fully saturated rings. The van der Waals surface area contributed by atoms with E-state index in [1.165, 1.54) is 37.1 Å². The number of hydrogen-bond acceptors (Lipinski definition) is 3. The second kappa shape index (κ2) is 8.13. The molecular weight excluding hydrogens is 298 g/mol. The number of carbonyl (C=O) groups is 1. The number of carbonyl (C=O) groups excluding carboxylic acids is 1. The Balaban J connectivity index is 1.54. The minimum absolute atomic E-state index is 0.0991. The Hall–Kier alpha value is -1.39. The maximum absolute atomic E-state index is 12.3. The van der Waals surface area contributed by atoms with Crippen molar-refractivity contribution in [2.24, 2.45) is 17.8 Å². The van der Waals surface area contributed by atoms with Gasteiger partial charge in [0.2, 0.25) is 5.91 Å². The van der Waals surface area contributed by atoms with E-state index in [2.05, 4.69) is 46.7 Å². The van der Waals surface area contributed by atoms with E-state index in [0.29, 0.717) is 12.5 Å². The lowest BCUT2D eigenvalue weighted by atomic mass is 9.88. The zero-order valence-corrected chi connectivity index (χ0v) is 15.1. The zero-order chi connectivity index (χ0) is 16.9. The van der Waals surface area contributed by atoms with Crippen molar-refractivity contribution in [2.45, 2.75) is 39.8 Å². The molecule has 1 atom stereocenters. The van der Waals surface area contributed by atoms with Gasteiger partial charge in [0.05, 0.1) is 0 Å². The summed E-state index contributed by atoms with van der Waals surface area (Å²) in [5.41, 5.74) is 2.61. The highest BCUT2D eigenvalue weighted by Crippen LogP contribution is 2.20. The van der Waals surface area contributed by atoms with E-state index >= 15 is 0 Å². The summed E-state index contributed by atoms with van der Waals surface area (Å²) in [5.74, 6) is 1.64. The molecule has 1 amide bonds. The van der Waals surface area contributed by atoms with Crippen molar-refractivity contribution in [3.8, 4) is 0 Å². The quantitative estimate of drug-likeness (QED) is 0.842. The second-order valence-corrected chi connectivity index (χ2v) is 7.65. The Kier molecular flexibility index (Phi) is 5.90. The molecule has 132 valence electrons. The highest BCUT2D eigenvalue weighted by atomic mass is 16.1. The van der Waals surface area contributed by atoms with Crippen LogP contribution in [0.2, 0.25) is 0 Å². The third-order valence-corrected chi connectivity index (χ3v) is 5.78. The third kappa shape index (κ3) is 4.37. The highest BCUT2D eigenvalue weighted by Gasteiger charge is 2.28. The molecule has 0 bridgehead atoms. The average Bonchev–Trinajstić information content (AvgIpc) is 2.54. The van der Waals surface area contributed by atoms with E-state index in [-0.39, 0.29) is 11.8 Å². The largest absolute Gasteiger partial charge is 0.352 e. The van der Waals surface area contributed by atoms with E-state index in [4.69, 9.17) is 0 Å². The van der Waals surface area contributed by atoms with E-state index in [1.807, 2.05) is 6.92 Å². The zero-order valence-electron chi connectivity index (χ0n) is 15.1. The van der Waals surface area contributed by atoms with Crippen molar-refractivity contribution in [1.82, 2.24) is 15.5 Å². The topological polar surface area (TPSA) is 44.4 Å². The summed E-state index contributed by atoms with van der Waals surface area (Å²) >= 11 is 0. The van der Waals surface area contributed by atoms with Crippen LogP contribution in [0.5, 0.6) is 0 Å². The Morgan fingerprint density at radius 2 is 1.92 bits per heavy atom. The van der Waals surface area contributed by atoms with Crippen LogP contribution in [-0.4, -0.2) is 37.0 Å². The van der Waals surface area contributed by atoms with Gasteiger partial charge in [-0.05, 0) is 62.0 Å². The average molecular weight is 329 g/mol. The number of piperidine rings is 1. The van der Waals surface area contributed by atoms with E-state index < -0.39 is 0 Å². The molecule has 0 saturated carbocycles. The minimum atomic E-state index is 0.0991. The highest BCUT2D eigenvalue weighted by molar-refractivity contribution is 5.78. The number of benzene rings is 1. The molecular formula is C20H31N3O. The molecule has 2 aliphatic heterocycles. The Labute approximate surface area is 146 Å². The van der Waals surface area contributed by atoms with Crippen LogP contribution in [0.1, 0.15) is 37.8 Å². The summed E-state index contributed by atoms with van der Waals surface area (Å²) in [6.45, 7) is 10.4. The van der Waals surface area contributed by atoms with Gasteiger partial charge in [0, 0.05) is 19.0 Å². The summed E-state index contributed by atoms with van der Waals surface area (Å²) in [6, 6.07) is 8.54. The number of likely N-dealkylation sites (tertiary alicyclic amines) is 1. The lowest BCUT2D eigenvalue weighted by Crippen LogP contribution is -2.49. The second-order valence-electron chi connectivity index (χ2n) is 7.65. The molecule has 0 aliphatic carbocycles. The Morgan fingerprint density at radius 3 is 2.54 bits per heavy atom. The van der Waals surface area contributed by atoms with Crippen molar-refractivity contribution >= 4 is 5.91 Å². The molecule has 2 heterocycles. The fourth-order valence-electron chi connectivity index (χ4n) is 3.57. The Morgan fingerprint density at radius 1 is 1.25 bits per heavy atom. The first-order valence-corrected chi connectivity index (χ1v) is 9.41. The Bertz CT molecular complexity index is 548. The van der Waals surface area contributed by atoms with Crippen molar-refractivity contribution in [1.29, 1.82) is 0 Å². The first-order chi connectivity index (χ1) is 11.6. The van der Waals surface area contributed by atoms with Gasteiger partial charge in [0.25, 0.3) is 0 Å². The molecule has 1 aromatic carbocycles. The van der Waals surface area contributed by atoms with Crippen LogP contribution >= 0.6 is 0 Å². The fourth-order valence-corrected chi connectivity index (χ4v) is 3.57. The predicted octanol–water partition coefficient (Wildman–Crippen LogP) is 2.39. The van der Waals surface area contributed by atoms with Crippen LogP contribution < -0.4 is 10.6 Å². The van der Waals surface area contributed by atoms with E-state index in [9.17, 15) is 4.79 Å². The summed E-state index contributed by atoms with van der Waals surface area (Å²) in [5, 5.41) is 6.39. The van der Waals surface area contributed by atoms with Gasteiger partial charge in [-0.1, -0.05) is 38.1 Å². The lowest BCUT2D eigenvalue weighted by molar-refractivity contribution is -0.126. The molecule has 2 N–H and O–H groups in total. The minimum Gasteiger partial charge on any atom is -0.352 e. The molecule has 2 aliphatic rings. The first kappa shape index (κ1) is 17.4. The normalized spacial score (nSPS) is 21.2. The molecule has 1 unspecified atom stereocenters. The van der Waals surface area contributed by atoms with E-state index in [0.717, 1.165) is 25.6 Å². The van der Waals surface area contributed by atoms with Gasteiger partial charge >= 0.3 is 0 Å². The summed E-state index contributed by atoms with van der Waals surface area (Å²) in [4.78, 5) is 14.9. The van der Waals surface area contributed by atoms with Crippen LogP contribution in [-0.2, 0) is 17.9 Å². The van der Waals surface area contributed by atoms with Crippen LogP contribution in [0.4, 0.5) is 0 Å². The van der Waals surface area contributed by atoms with Crippen molar-refractivity contribution in [3.05, 3.63) is 35.4 Å². The van der Waals surface area contributed by atoms with Gasteiger partial charge in [-0.15, -0.1) is 0 Å². The van der Waals surface area contributed by atoms with E-state index in [1.54, 1.807) is 0 Å². The molecule has 4 nitrogen and oxygen atoms in total. The van der Waals surface area contributed by atoms with Gasteiger partial charge < -0.3 is 10.6 Å². The van der Waals surface area contributed by atoms with Crippen LogP contribution in [0, 0.1) is 17.8 Å². The number of hydrogen-bond donors (Lipinski definition) is 2. The summed E-state index contributed by atoms with van der Waals surface area (Å²) < 4.78 is 0. The van der Waals surface area contributed by atoms with Crippen LogP contribution in [0.15, 0.2) is 24.3 Å². The monoisotopic (exact) mass is 329 g/mol.